The summed E-state index contributed by atoms with van der Waals surface area (Å²) < 4.78 is 10.3. The zero-order valence-electron chi connectivity index (χ0n) is 8.30. The van der Waals surface area contributed by atoms with Gasteiger partial charge in [0.2, 0.25) is 0 Å². The van der Waals surface area contributed by atoms with Crippen LogP contribution in [0.2, 0.25) is 0 Å². The van der Waals surface area contributed by atoms with Crippen molar-refractivity contribution < 1.29 is 19.7 Å². The maximum atomic E-state index is 9.69. The van der Waals surface area contributed by atoms with Crippen molar-refractivity contribution in [1.82, 2.24) is 0 Å². The third kappa shape index (κ3) is 2.20. The van der Waals surface area contributed by atoms with Crippen molar-refractivity contribution in [3.8, 4) is 0 Å². The molecule has 1 aliphatic heterocycles. The maximum Gasteiger partial charge on any atom is 0.107 e. The highest BCUT2D eigenvalue weighted by atomic mass is 16.6. The van der Waals surface area contributed by atoms with E-state index < -0.39 is 12.2 Å². The molecule has 0 radical (unpaired) electrons. The van der Waals surface area contributed by atoms with Crippen molar-refractivity contribution in [1.29, 1.82) is 0 Å². The topological polar surface area (TPSA) is 58.9 Å². The summed E-state index contributed by atoms with van der Waals surface area (Å²) in [6, 6.07) is 0. The van der Waals surface area contributed by atoms with Crippen molar-refractivity contribution >= 4 is 0 Å². The van der Waals surface area contributed by atoms with Gasteiger partial charge in [0.15, 0.2) is 0 Å². The molecular formula is C9H18O4. The van der Waals surface area contributed by atoms with E-state index >= 15 is 0 Å². The average Bonchev–Trinajstić information content (AvgIpc) is 2.11. The Morgan fingerprint density at radius 3 is 2.38 bits per heavy atom. The van der Waals surface area contributed by atoms with E-state index in [9.17, 15) is 10.2 Å². The highest BCUT2D eigenvalue weighted by molar-refractivity contribution is 4.87. The molecule has 0 saturated carbocycles. The lowest BCUT2D eigenvalue weighted by Crippen LogP contribution is -2.53. The van der Waals surface area contributed by atoms with Crippen molar-refractivity contribution in [2.75, 3.05) is 13.7 Å². The predicted molar refractivity (Wildman–Crippen MR) is 47.4 cm³/mol. The van der Waals surface area contributed by atoms with Crippen LogP contribution in [0.4, 0.5) is 0 Å². The number of hydrogen-bond donors (Lipinski definition) is 2. The van der Waals surface area contributed by atoms with E-state index in [1.54, 1.807) is 14.0 Å². The lowest BCUT2D eigenvalue weighted by molar-refractivity contribution is -0.201. The maximum absolute atomic E-state index is 9.69. The first-order valence-corrected chi connectivity index (χ1v) is 4.58. The molecule has 13 heavy (non-hydrogen) atoms. The minimum atomic E-state index is -0.647. The van der Waals surface area contributed by atoms with Crippen LogP contribution in [-0.4, -0.2) is 48.3 Å². The third-order valence-electron chi connectivity index (χ3n) is 2.66. The fourth-order valence-electron chi connectivity index (χ4n) is 1.71. The van der Waals surface area contributed by atoms with E-state index in [0.29, 0.717) is 6.61 Å². The quantitative estimate of drug-likeness (QED) is 0.632. The van der Waals surface area contributed by atoms with Crippen LogP contribution in [0.5, 0.6) is 0 Å². The molecule has 1 unspecified atom stereocenters. The van der Waals surface area contributed by atoms with Crippen LogP contribution >= 0.6 is 0 Å². The lowest BCUT2D eigenvalue weighted by Gasteiger charge is -2.40. The Balaban J connectivity index is 2.59. The van der Waals surface area contributed by atoms with Gasteiger partial charge < -0.3 is 19.7 Å². The van der Waals surface area contributed by atoms with Gasteiger partial charge in [-0.3, -0.25) is 0 Å². The van der Waals surface area contributed by atoms with Gasteiger partial charge >= 0.3 is 0 Å². The van der Waals surface area contributed by atoms with Crippen LogP contribution in [0.1, 0.15) is 13.8 Å². The van der Waals surface area contributed by atoms with E-state index in [1.807, 2.05) is 6.92 Å². The van der Waals surface area contributed by atoms with E-state index in [4.69, 9.17) is 9.47 Å². The Bertz CT molecular complexity index is 162. The molecule has 0 amide bonds. The Morgan fingerprint density at radius 2 is 1.85 bits per heavy atom. The molecule has 1 fully saturated rings. The standard InChI is InChI=1S/C9H18O4/c1-5-8(10)6(2)13-7(4-12-3)9(5)11/h5-11H,4H2,1-3H3/t5-,6?,7-,8-,9+/m1/s1. The molecule has 1 saturated heterocycles. The van der Waals surface area contributed by atoms with Gasteiger partial charge in [-0.1, -0.05) is 6.92 Å². The Hall–Kier alpha value is -0.160. The van der Waals surface area contributed by atoms with Crippen LogP contribution in [0.15, 0.2) is 0 Å². The third-order valence-corrected chi connectivity index (χ3v) is 2.66. The molecule has 4 heteroatoms. The fourth-order valence-corrected chi connectivity index (χ4v) is 1.71. The SMILES string of the molecule is COC[C@H]1OC(C)[C@H](O)[C@@H](C)[C@@H]1O. The van der Waals surface area contributed by atoms with E-state index in [2.05, 4.69) is 0 Å². The fraction of sp³-hybridized carbons (Fsp3) is 1.00. The molecule has 2 N–H and O–H groups in total. The summed E-state index contributed by atoms with van der Waals surface area (Å²) in [5.74, 6) is -0.163. The smallest absolute Gasteiger partial charge is 0.107 e. The second kappa shape index (κ2) is 4.37. The van der Waals surface area contributed by atoms with Crippen molar-refractivity contribution in [3.63, 3.8) is 0 Å². The molecule has 1 rings (SSSR count). The van der Waals surface area contributed by atoms with Gasteiger partial charge in [0.25, 0.3) is 0 Å². The number of rotatable bonds is 2. The van der Waals surface area contributed by atoms with E-state index in [1.165, 1.54) is 0 Å². The molecule has 1 heterocycles. The highest BCUT2D eigenvalue weighted by Gasteiger charge is 2.39. The summed E-state index contributed by atoms with van der Waals surface area (Å²) in [5.41, 5.74) is 0. The van der Waals surface area contributed by atoms with Crippen LogP contribution in [0, 0.1) is 5.92 Å². The van der Waals surface area contributed by atoms with Gasteiger partial charge in [0, 0.05) is 13.0 Å². The molecule has 0 aromatic heterocycles. The number of ether oxygens (including phenoxy) is 2. The first-order chi connectivity index (χ1) is 6.07. The van der Waals surface area contributed by atoms with E-state index in [0.717, 1.165) is 0 Å². The highest BCUT2D eigenvalue weighted by Crippen LogP contribution is 2.25. The van der Waals surface area contributed by atoms with Gasteiger partial charge in [-0.2, -0.15) is 0 Å². The summed E-state index contributed by atoms with van der Waals surface area (Å²) in [4.78, 5) is 0. The number of hydrogen-bond acceptors (Lipinski definition) is 4. The predicted octanol–water partition coefficient (Wildman–Crippen LogP) is -0.222. The van der Waals surface area contributed by atoms with Crippen molar-refractivity contribution in [2.24, 2.45) is 5.92 Å². The molecule has 0 aliphatic carbocycles. The molecule has 4 nitrogen and oxygen atoms in total. The largest absolute Gasteiger partial charge is 0.390 e. The average molecular weight is 190 g/mol. The van der Waals surface area contributed by atoms with Crippen molar-refractivity contribution in [2.45, 2.75) is 38.3 Å². The molecule has 0 aromatic carbocycles. The van der Waals surface area contributed by atoms with Gasteiger partial charge in [-0.05, 0) is 6.92 Å². The number of aliphatic hydroxyl groups is 2. The molecule has 0 spiro atoms. The molecule has 0 aromatic rings. The lowest BCUT2D eigenvalue weighted by atomic mass is 9.88. The summed E-state index contributed by atoms with van der Waals surface area (Å²) >= 11 is 0. The van der Waals surface area contributed by atoms with Crippen LogP contribution in [-0.2, 0) is 9.47 Å². The minimum absolute atomic E-state index is 0.163. The van der Waals surface area contributed by atoms with Crippen LogP contribution in [0.3, 0.4) is 0 Å². The summed E-state index contributed by atoms with van der Waals surface area (Å²) in [6.07, 6.45) is -1.80. The summed E-state index contributed by atoms with van der Waals surface area (Å²) in [7, 11) is 1.57. The first kappa shape index (κ1) is 10.9. The van der Waals surface area contributed by atoms with Crippen LogP contribution < -0.4 is 0 Å². The Morgan fingerprint density at radius 1 is 1.23 bits per heavy atom. The zero-order valence-corrected chi connectivity index (χ0v) is 8.30. The Kier molecular flexibility index (Phi) is 3.67. The molecule has 1 aliphatic rings. The Labute approximate surface area is 78.5 Å². The van der Waals surface area contributed by atoms with Gasteiger partial charge in [0.05, 0.1) is 24.9 Å². The molecule has 0 bridgehead atoms. The van der Waals surface area contributed by atoms with Crippen LogP contribution in [0.25, 0.3) is 0 Å². The normalized spacial score (nSPS) is 46.4. The monoisotopic (exact) mass is 190 g/mol. The van der Waals surface area contributed by atoms with Gasteiger partial charge in [-0.15, -0.1) is 0 Å². The van der Waals surface area contributed by atoms with E-state index in [-0.39, 0.29) is 18.1 Å². The van der Waals surface area contributed by atoms with Crippen molar-refractivity contribution in [3.05, 3.63) is 0 Å². The summed E-state index contributed by atoms with van der Waals surface area (Å²) in [5, 5.41) is 19.3. The second-order valence-electron chi connectivity index (χ2n) is 3.68. The first-order valence-electron chi connectivity index (χ1n) is 4.58. The minimum Gasteiger partial charge on any atom is -0.390 e. The molecule has 78 valence electrons. The summed E-state index contributed by atoms with van der Waals surface area (Å²) in [6.45, 7) is 3.98. The number of aliphatic hydroxyl groups excluding tert-OH is 2. The second-order valence-corrected chi connectivity index (χ2v) is 3.68. The van der Waals surface area contributed by atoms with Gasteiger partial charge in [0.1, 0.15) is 6.10 Å². The zero-order chi connectivity index (χ0) is 10.0. The number of methoxy groups -OCH3 is 1. The van der Waals surface area contributed by atoms with Gasteiger partial charge in [-0.25, -0.2) is 0 Å². The molecular weight excluding hydrogens is 172 g/mol. The molecule has 5 atom stereocenters.